The third kappa shape index (κ3) is 2.86. The average molecular weight is 194 g/mol. The van der Waals surface area contributed by atoms with E-state index in [1.54, 1.807) is 0 Å². The molecule has 1 saturated heterocycles. The first-order valence-corrected chi connectivity index (χ1v) is 5.94. The lowest BCUT2D eigenvalue weighted by Crippen LogP contribution is -2.21. The van der Waals surface area contributed by atoms with Crippen molar-refractivity contribution in [3.8, 4) is 0 Å². The van der Waals surface area contributed by atoms with Crippen LogP contribution in [0.5, 0.6) is 0 Å². The second-order valence-electron chi connectivity index (χ2n) is 2.10. The van der Waals surface area contributed by atoms with Gasteiger partial charge in [0.2, 0.25) is 0 Å². The van der Waals surface area contributed by atoms with E-state index in [1.807, 2.05) is 37.4 Å². The molecule has 1 heterocycles. The summed E-state index contributed by atoms with van der Waals surface area (Å²) >= 11 is 3.66. The summed E-state index contributed by atoms with van der Waals surface area (Å²) in [5.41, 5.74) is 0.509. The highest BCUT2D eigenvalue weighted by molar-refractivity contribution is 8.19. The van der Waals surface area contributed by atoms with E-state index in [4.69, 9.17) is 9.47 Å². The van der Waals surface area contributed by atoms with Crippen molar-refractivity contribution in [2.24, 2.45) is 0 Å². The normalized spacial score (nSPS) is 31.1. The van der Waals surface area contributed by atoms with E-state index < -0.39 is 0 Å². The molecule has 0 aromatic carbocycles. The predicted octanol–water partition coefficient (Wildman–Crippen LogP) is 2.15. The molecule has 0 radical (unpaired) electrons. The quantitative estimate of drug-likeness (QED) is 0.682. The number of hydrogen-bond acceptors (Lipinski definition) is 4. The number of rotatable bonds is 4. The van der Waals surface area contributed by atoms with Crippen molar-refractivity contribution in [1.82, 2.24) is 0 Å². The zero-order valence-electron chi connectivity index (χ0n) is 6.91. The monoisotopic (exact) mass is 194 g/mol. The van der Waals surface area contributed by atoms with Crippen molar-refractivity contribution in [3.05, 3.63) is 0 Å². The van der Waals surface area contributed by atoms with Gasteiger partial charge in [-0.1, -0.05) is 0 Å². The van der Waals surface area contributed by atoms with Crippen LogP contribution in [0.25, 0.3) is 0 Å². The molecule has 2 unspecified atom stereocenters. The third-order valence-corrected chi connectivity index (χ3v) is 4.03. The molecule has 0 aliphatic carbocycles. The number of thioether (sulfide) groups is 2. The van der Waals surface area contributed by atoms with Crippen LogP contribution < -0.4 is 0 Å². The van der Waals surface area contributed by atoms with Crippen molar-refractivity contribution >= 4 is 23.5 Å². The van der Waals surface area contributed by atoms with Crippen molar-refractivity contribution in [2.75, 3.05) is 18.3 Å². The Morgan fingerprint density at radius 3 is 1.91 bits per heavy atom. The van der Waals surface area contributed by atoms with Crippen LogP contribution in [0.2, 0.25) is 0 Å². The van der Waals surface area contributed by atoms with Gasteiger partial charge in [-0.15, -0.1) is 23.5 Å². The summed E-state index contributed by atoms with van der Waals surface area (Å²) in [5.74, 6) is 0. The van der Waals surface area contributed by atoms with Crippen LogP contribution >= 0.6 is 23.5 Å². The zero-order chi connectivity index (χ0) is 8.10. The lowest BCUT2D eigenvalue weighted by atomic mass is 10.7. The molecule has 0 spiro atoms. The van der Waals surface area contributed by atoms with E-state index in [1.165, 1.54) is 0 Å². The standard InChI is InChI=1S/C7H14O2S2/c1-3-8-6-7(9-4-2)11-5-10-6/h6-7H,3-5H2,1-2H3. The van der Waals surface area contributed by atoms with E-state index in [0.717, 1.165) is 18.3 Å². The van der Waals surface area contributed by atoms with Gasteiger partial charge in [0, 0.05) is 18.3 Å². The molecular weight excluding hydrogens is 180 g/mol. The van der Waals surface area contributed by atoms with Gasteiger partial charge in [-0.25, -0.2) is 0 Å². The van der Waals surface area contributed by atoms with E-state index in [2.05, 4.69) is 0 Å². The molecule has 11 heavy (non-hydrogen) atoms. The van der Waals surface area contributed by atoms with E-state index in [9.17, 15) is 0 Å². The summed E-state index contributed by atoms with van der Waals surface area (Å²) in [5, 5.41) is 1.09. The molecule has 1 rings (SSSR count). The SMILES string of the molecule is CCOC1SCSC1OCC. The summed E-state index contributed by atoms with van der Waals surface area (Å²) in [6.45, 7) is 5.60. The molecule has 0 saturated carbocycles. The number of ether oxygens (including phenoxy) is 2. The van der Waals surface area contributed by atoms with Gasteiger partial charge in [-0.05, 0) is 13.8 Å². The van der Waals surface area contributed by atoms with Crippen LogP contribution in [-0.2, 0) is 9.47 Å². The predicted molar refractivity (Wildman–Crippen MR) is 50.9 cm³/mol. The first-order valence-electron chi connectivity index (χ1n) is 3.85. The minimum absolute atomic E-state index is 0.255. The minimum atomic E-state index is 0.255. The maximum Gasteiger partial charge on any atom is 0.139 e. The van der Waals surface area contributed by atoms with Crippen molar-refractivity contribution in [3.63, 3.8) is 0 Å². The molecule has 1 aliphatic rings. The van der Waals surface area contributed by atoms with Crippen LogP contribution in [-0.4, -0.2) is 29.2 Å². The minimum Gasteiger partial charge on any atom is -0.364 e. The molecule has 1 fully saturated rings. The van der Waals surface area contributed by atoms with Gasteiger partial charge >= 0.3 is 0 Å². The molecular formula is C7H14O2S2. The zero-order valence-corrected chi connectivity index (χ0v) is 8.54. The lowest BCUT2D eigenvalue weighted by molar-refractivity contribution is 0.0223. The highest BCUT2D eigenvalue weighted by atomic mass is 32.2. The largest absolute Gasteiger partial charge is 0.364 e. The van der Waals surface area contributed by atoms with Gasteiger partial charge in [0.05, 0.1) is 0 Å². The Labute approximate surface area is 76.4 Å². The second-order valence-corrected chi connectivity index (χ2v) is 4.64. The highest BCUT2D eigenvalue weighted by Crippen LogP contribution is 2.37. The summed E-state index contributed by atoms with van der Waals surface area (Å²) in [6.07, 6.45) is 0. The van der Waals surface area contributed by atoms with Gasteiger partial charge in [-0.2, -0.15) is 0 Å². The first-order chi connectivity index (χ1) is 5.38. The van der Waals surface area contributed by atoms with Crippen molar-refractivity contribution < 1.29 is 9.47 Å². The van der Waals surface area contributed by atoms with Crippen molar-refractivity contribution in [2.45, 2.75) is 24.7 Å². The van der Waals surface area contributed by atoms with Crippen LogP contribution in [0.3, 0.4) is 0 Å². The van der Waals surface area contributed by atoms with Crippen LogP contribution in [0.15, 0.2) is 0 Å². The van der Waals surface area contributed by atoms with Crippen LogP contribution in [0, 0.1) is 0 Å². The Hall–Kier alpha value is 0.620. The summed E-state index contributed by atoms with van der Waals surface area (Å²) in [7, 11) is 0. The van der Waals surface area contributed by atoms with Gasteiger partial charge in [-0.3, -0.25) is 0 Å². The fourth-order valence-electron chi connectivity index (χ4n) is 0.912. The molecule has 2 nitrogen and oxygen atoms in total. The Kier molecular flexibility index (Phi) is 4.67. The summed E-state index contributed by atoms with van der Waals surface area (Å²) < 4.78 is 11.0. The molecule has 2 atom stereocenters. The molecule has 0 aromatic heterocycles. The van der Waals surface area contributed by atoms with Gasteiger partial charge in [0.25, 0.3) is 0 Å². The average Bonchev–Trinajstić information content (AvgIpc) is 2.39. The van der Waals surface area contributed by atoms with Gasteiger partial charge in [0.15, 0.2) is 0 Å². The van der Waals surface area contributed by atoms with Crippen molar-refractivity contribution in [1.29, 1.82) is 0 Å². The molecule has 1 aliphatic heterocycles. The van der Waals surface area contributed by atoms with Crippen LogP contribution in [0.1, 0.15) is 13.8 Å². The van der Waals surface area contributed by atoms with Gasteiger partial charge in [0.1, 0.15) is 10.9 Å². The van der Waals surface area contributed by atoms with Crippen LogP contribution in [0.4, 0.5) is 0 Å². The molecule has 66 valence electrons. The van der Waals surface area contributed by atoms with E-state index >= 15 is 0 Å². The Morgan fingerprint density at radius 1 is 1.09 bits per heavy atom. The second kappa shape index (κ2) is 5.30. The van der Waals surface area contributed by atoms with Gasteiger partial charge < -0.3 is 9.47 Å². The highest BCUT2D eigenvalue weighted by Gasteiger charge is 2.29. The fraction of sp³-hybridized carbons (Fsp3) is 1.00. The maximum absolute atomic E-state index is 5.49. The molecule has 0 bridgehead atoms. The third-order valence-electron chi connectivity index (χ3n) is 1.35. The topological polar surface area (TPSA) is 18.5 Å². The number of hydrogen-bond donors (Lipinski definition) is 0. The molecule has 0 aromatic rings. The van der Waals surface area contributed by atoms with E-state index in [-0.39, 0.29) is 10.9 Å². The first kappa shape index (κ1) is 9.71. The lowest BCUT2D eigenvalue weighted by Gasteiger charge is -2.16. The molecule has 0 N–H and O–H groups in total. The Morgan fingerprint density at radius 2 is 1.55 bits per heavy atom. The Bertz CT molecular complexity index is 98.6. The Balaban J connectivity index is 2.25. The smallest absolute Gasteiger partial charge is 0.139 e. The summed E-state index contributed by atoms with van der Waals surface area (Å²) in [4.78, 5) is 0. The molecule has 4 heteroatoms. The fourth-order valence-corrected chi connectivity index (χ4v) is 3.71. The summed E-state index contributed by atoms with van der Waals surface area (Å²) in [6, 6.07) is 0. The maximum atomic E-state index is 5.49. The van der Waals surface area contributed by atoms with E-state index in [0.29, 0.717) is 0 Å². The molecule has 0 amide bonds.